The van der Waals surface area contributed by atoms with Gasteiger partial charge in [-0.15, -0.1) is 0 Å². The number of hydrogen-bond acceptors (Lipinski definition) is 3. The van der Waals surface area contributed by atoms with Crippen LogP contribution in [0.2, 0.25) is 0 Å². The molecule has 0 spiro atoms. The van der Waals surface area contributed by atoms with Crippen LogP contribution in [0.1, 0.15) is 23.9 Å². The average molecular weight is 280 g/mol. The minimum absolute atomic E-state index is 0.806. The molecule has 0 fully saturated rings. The van der Waals surface area contributed by atoms with Crippen molar-refractivity contribution >= 4 is 10.9 Å². The van der Waals surface area contributed by atoms with Gasteiger partial charge >= 0.3 is 0 Å². The minimum atomic E-state index is 0.806. The highest BCUT2D eigenvalue weighted by Gasteiger charge is 2.12. The second-order valence-corrected chi connectivity index (χ2v) is 5.23. The predicted octanol–water partition coefficient (Wildman–Crippen LogP) is 3.15. The van der Waals surface area contributed by atoms with Crippen molar-refractivity contribution in [3.63, 3.8) is 0 Å². The summed E-state index contributed by atoms with van der Waals surface area (Å²) >= 11 is 0. The second-order valence-electron chi connectivity index (χ2n) is 5.23. The summed E-state index contributed by atoms with van der Waals surface area (Å²) in [4.78, 5) is 9.25. The maximum absolute atomic E-state index is 4.86. The number of rotatable bonds is 4. The van der Waals surface area contributed by atoms with Crippen LogP contribution in [0, 0.1) is 13.8 Å². The summed E-state index contributed by atoms with van der Waals surface area (Å²) in [5.41, 5.74) is 4.38. The number of imidazole rings is 1. The van der Waals surface area contributed by atoms with Gasteiger partial charge in [0.05, 0.1) is 11.2 Å². The Morgan fingerprint density at radius 2 is 2.00 bits per heavy atom. The van der Waals surface area contributed by atoms with Crippen molar-refractivity contribution in [2.75, 3.05) is 6.54 Å². The zero-order chi connectivity index (χ0) is 14.8. The lowest BCUT2D eigenvalue weighted by molar-refractivity contribution is 0.718. The molecule has 0 bridgehead atoms. The Morgan fingerprint density at radius 1 is 1.19 bits per heavy atom. The van der Waals surface area contributed by atoms with E-state index in [9.17, 15) is 0 Å². The van der Waals surface area contributed by atoms with Gasteiger partial charge in [0.1, 0.15) is 12.1 Å². The van der Waals surface area contributed by atoms with Crippen molar-refractivity contribution in [2.45, 2.75) is 27.3 Å². The summed E-state index contributed by atoms with van der Waals surface area (Å²) in [5, 5.41) is 4.56. The summed E-state index contributed by atoms with van der Waals surface area (Å²) in [6.45, 7) is 7.96. The summed E-state index contributed by atoms with van der Waals surface area (Å²) in [6, 6.07) is 10.4. The molecule has 0 aliphatic carbocycles. The zero-order valence-corrected chi connectivity index (χ0v) is 12.7. The largest absolute Gasteiger partial charge is 0.313 e. The number of pyridine rings is 1. The number of nitrogens with zero attached hydrogens (tertiary/aromatic N) is 3. The average Bonchev–Trinajstić information content (AvgIpc) is 2.84. The van der Waals surface area contributed by atoms with Gasteiger partial charge in [0.2, 0.25) is 0 Å². The minimum Gasteiger partial charge on any atom is -0.313 e. The number of hydrogen-bond donors (Lipinski definition) is 1. The molecule has 0 unspecified atom stereocenters. The van der Waals surface area contributed by atoms with Crippen LogP contribution in [0.4, 0.5) is 0 Å². The van der Waals surface area contributed by atoms with Gasteiger partial charge in [0.25, 0.3) is 0 Å². The van der Waals surface area contributed by atoms with E-state index in [-0.39, 0.29) is 0 Å². The van der Waals surface area contributed by atoms with Crippen LogP contribution in [0.3, 0.4) is 0 Å². The summed E-state index contributed by atoms with van der Waals surface area (Å²) in [5.74, 6) is 0.966. The van der Waals surface area contributed by atoms with E-state index < -0.39 is 0 Å². The van der Waals surface area contributed by atoms with Crippen LogP contribution in [0.5, 0.6) is 0 Å². The molecule has 1 aromatic carbocycles. The number of benzene rings is 1. The van der Waals surface area contributed by atoms with E-state index in [1.54, 1.807) is 0 Å². The molecule has 0 amide bonds. The van der Waals surface area contributed by atoms with E-state index in [1.165, 1.54) is 10.9 Å². The van der Waals surface area contributed by atoms with Gasteiger partial charge in [-0.2, -0.15) is 0 Å². The first-order valence-electron chi connectivity index (χ1n) is 7.31. The molecule has 21 heavy (non-hydrogen) atoms. The van der Waals surface area contributed by atoms with E-state index in [1.807, 2.05) is 25.4 Å². The third kappa shape index (κ3) is 2.54. The standard InChI is InChI=1S/C17H20N4/c1-4-18-10-15-9-14-7-5-6-8-16(14)20-17(15)21-11-19-12(2)13(21)3/h5-9,11,18H,4,10H2,1-3H3. The quantitative estimate of drug-likeness (QED) is 0.798. The highest BCUT2D eigenvalue weighted by Crippen LogP contribution is 2.21. The molecule has 4 nitrogen and oxygen atoms in total. The van der Waals surface area contributed by atoms with Crippen molar-refractivity contribution in [2.24, 2.45) is 0 Å². The highest BCUT2D eigenvalue weighted by atomic mass is 15.1. The van der Waals surface area contributed by atoms with Crippen LogP contribution in [-0.4, -0.2) is 21.1 Å². The Balaban J connectivity index is 2.20. The predicted molar refractivity (Wildman–Crippen MR) is 85.7 cm³/mol. The van der Waals surface area contributed by atoms with Crippen LogP contribution >= 0.6 is 0 Å². The van der Waals surface area contributed by atoms with Gasteiger partial charge in [-0.1, -0.05) is 25.1 Å². The first-order valence-corrected chi connectivity index (χ1v) is 7.31. The first kappa shape index (κ1) is 13.8. The van der Waals surface area contributed by atoms with Gasteiger partial charge in [-0.3, -0.25) is 4.57 Å². The Hall–Kier alpha value is -2.20. The normalized spacial score (nSPS) is 11.2. The lowest BCUT2D eigenvalue weighted by Crippen LogP contribution is -2.15. The monoisotopic (exact) mass is 280 g/mol. The molecule has 2 aromatic heterocycles. The van der Waals surface area contributed by atoms with Crippen molar-refractivity contribution in [3.05, 3.63) is 53.6 Å². The second kappa shape index (κ2) is 5.66. The van der Waals surface area contributed by atoms with Gasteiger partial charge in [0, 0.05) is 23.2 Å². The van der Waals surface area contributed by atoms with Gasteiger partial charge in [0.15, 0.2) is 0 Å². The molecular formula is C17H20N4. The Labute approximate surface area is 124 Å². The van der Waals surface area contributed by atoms with E-state index in [2.05, 4.69) is 46.9 Å². The lowest BCUT2D eigenvalue weighted by atomic mass is 10.1. The lowest BCUT2D eigenvalue weighted by Gasteiger charge is -2.13. The molecule has 3 aromatic rings. The fourth-order valence-corrected chi connectivity index (χ4v) is 2.46. The third-order valence-electron chi connectivity index (χ3n) is 3.83. The van der Waals surface area contributed by atoms with Crippen molar-refractivity contribution in [1.29, 1.82) is 0 Å². The molecule has 3 rings (SSSR count). The molecule has 0 saturated heterocycles. The first-order chi connectivity index (χ1) is 10.2. The van der Waals surface area contributed by atoms with Gasteiger partial charge < -0.3 is 5.32 Å². The van der Waals surface area contributed by atoms with Crippen LogP contribution in [0.25, 0.3) is 16.7 Å². The molecule has 0 atom stereocenters. The van der Waals surface area contributed by atoms with Crippen molar-refractivity contribution in [3.8, 4) is 5.82 Å². The van der Waals surface area contributed by atoms with Crippen LogP contribution in [-0.2, 0) is 6.54 Å². The van der Waals surface area contributed by atoms with E-state index >= 15 is 0 Å². The zero-order valence-electron chi connectivity index (χ0n) is 12.7. The maximum atomic E-state index is 4.86. The smallest absolute Gasteiger partial charge is 0.143 e. The molecule has 0 aliphatic rings. The molecule has 1 N–H and O–H groups in total. The molecule has 0 aliphatic heterocycles. The molecule has 4 heteroatoms. The Kier molecular flexibility index (Phi) is 3.71. The molecular weight excluding hydrogens is 260 g/mol. The van der Waals surface area contributed by atoms with Crippen molar-refractivity contribution in [1.82, 2.24) is 19.9 Å². The topological polar surface area (TPSA) is 42.7 Å². The Bertz CT molecular complexity index is 774. The third-order valence-corrected chi connectivity index (χ3v) is 3.83. The van der Waals surface area contributed by atoms with Gasteiger partial charge in [-0.05, 0) is 32.5 Å². The number of nitrogens with one attached hydrogen (secondary N) is 1. The number of aromatic nitrogens is 3. The molecule has 0 saturated carbocycles. The van der Waals surface area contributed by atoms with E-state index in [4.69, 9.17) is 4.98 Å². The molecule has 108 valence electrons. The SMILES string of the molecule is CCNCc1cc2ccccc2nc1-n1cnc(C)c1C. The fourth-order valence-electron chi connectivity index (χ4n) is 2.46. The number of aryl methyl sites for hydroxylation is 1. The Morgan fingerprint density at radius 3 is 2.71 bits per heavy atom. The molecule has 2 heterocycles. The van der Waals surface area contributed by atoms with E-state index in [0.717, 1.165) is 35.8 Å². The molecule has 0 radical (unpaired) electrons. The fraction of sp³-hybridized carbons (Fsp3) is 0.294. The number of fused-ring (bicyclic) bond motifs is 1. The summed E-state index contributed by atoms with van der Waals surface area (Å²) in [7, 11) is 0. The summed E-state index contributed by atoms with van der Waals surface area (Å²) in [6.07, 6.45) is 1.86. The summed E-state index contributed by atoms with van der Waals surface area (Å²) < 4.78 is 2.08. The van der Waals surface area contributed by atoms with Crippen LogP contribution in [0.15, 0.2) is 36.7 Å². The van der Waals surface area contributed by atoms with Crippen molar-refractivity contribution < 1.29 is 0 Å². The number of para-hydroxylation sites is 1. The highest BCUT2D eigenvalue weighted by molar-refractivity contribution is 5.80. The maximum Gasteiger partial charge on any atom is 0.143 e. The van der Waals surface area contributed by atoms with Gasteiger partial charge in [-0.25, -0.2) is 9.97 Å². The van der Waals surface area contributed by atoms with Crippen LogP contribution < -0.4 is 5.32 Å². The van der Waals surface area contributed by atoms with E-state index in [0.29, 0.717) is 0 Å².